The maximum atomic E-state index is 13.9. The van der Waals surface area contributed by atoms with Crippen molar-refractivity contribution in [3.8, 4) is 11.3 Å². The van der Waals surface area contributed by atoms with Crippen molar-refractivity contribution in [2.75, 3.05) is 6.61 Å². The predicted octanol–water partition coefficient (Wildman–Crippen LogP) is 4.83. The number of benzene rings is 2. The lowest BCUT2D eigenvalue weighted by atomic mass is 10.0. The van der Waals surface area contributed by atoms with Crippen LogP contribution in [-0.2, 0) is 24.0 Å². The molecule has 0 aliphatic heterocycles. The molecule has 0 bridgehead atoms. The van der Waals surface area contributed by atoms with Crippen LogP contribution in [0.3, 0.4) is 0 Å². The number of nitrogens with one attached hydrogen (secondary N) is 1. The van der Waals surface area contributed by atoms with Crippen LogP contribution in [0.15, 0.2) is 71.5 Å². The Labute approximate surface area is 177 Å². The van der Waals surface area contributed by atoms with E-state index in [0.29, 0.717) is 5.56 Å². The van der Waals surface area contributed by atoms with E-state index in [-0.39, 0.29) is 18.8 Å². The normalized spacial score (nSPS) is 11.2. The number of halogens is 3. The molecule has 0 fully saturated rings. The van der Waals surface area contributed by atoms with Crippen molar-refractivity contribution in [2.24, 2.45) is 0 Å². The first-order chi connectivity index (χ1) is 14.8. The van der Waals surface area contributed by atoms with Crippen LogP contribution in [0.25, 0.3) is 11.3 Å². The average Bonchev–Trinajstić information content (AvgIpc) is 2.75. The third-order valence-corrected chi connectivity index (χ3v) is 4.64. The monoisotopic (exact) mass is 430 g/mol. The van der Waals surface area contributed by atoms with E-state index in [9.17, 15) is 22.8 Å². The number of aromatic nitrogens is 1. The van der Waals surface area contributed by atoms with Gasteiger partial charge in [-0.3, -0.25) is 4.79 Å². The third-order valence-electron chi connectivity index (χ3n) is 4.64. The SMILES string of the molecule is CCOC(=O)NCc1c(C(F)(F)F)cc(-c2ccccc2)n(Cc2ccccc2)c1=O. The minimum absolute atomic E-state index is 0.0587. The number of ether oxygens (including phenoxy) is 1. The Morgan fingerprint density at radius 3 is 2.23 bits per heavy atom. The summed E-state index contributed by atoms with van der Waals surface area (Å²) in [6.45, 7) is 1.11. The van der Waals surface area contributed by atoms with E-state index in [1.54, 1.807) is 61.5 Å². The lowest BCUT2D eigenvalue weighted by molar-refractivity contribution is -0.138. The van der Waals surface area contributed by atoms with Crippen molar-refractivity contribution < 1.29 is 22.7 Å². The molecule has 0 radical (unpaired) electrons. The Morgan fingerprint density at radius 1 is 1.03 bits per heavy atom. The summed E-state index contributed by atoms with van der Waals surface area (Å²) in [5.41, 5.74) is -1.08. The topological polar surface area (TPSA) is 60.3 Å². The molecular weight excluding hydrogens is 409 g/mol. The average molecular weight is 430 g/mol. The molecule has 31 heavy (non-hydrogen) atoms. The van der Waals surface area contributed by atoms with E-state index in [1.165, 1.54) is 4.57 Å². The van der Waals surface area contributed by atoms with Crippen molar-refractivity contribution >= 4 is 6.09 Å². The van der Waals surface area contributed by atoms with Crippen LogP contribution in [0.5, 0.6) is 0 Å². The van der Waals surface area contributed by atoms with Crippen molar-refractivity contribution in [2.45, 2.75) is 26.2 Å². The van der Waals surface area contributed by atoms with Gasteiger partial charge in [0, 0.05) is 5.56 Å². The van der Waals surface area contributed by atoms with Crippen LogP contribution in [0, 0.1) is 0 Å². The van der Waals surface area contributed by atoms with Crippen molar-refractivity contribution in [3.63, 3.8) is 0 Å². The highest BCUT2D eigenvalue weighted by Crippen LogP contribution is 2.34. The largest absolute Gasteiger partial charge is 0.450 e. The summed E-state index contributed by atoms with van der Waals surface area (Å²) in [7, 11) is 0. The smallest absolute Gasteiger partial charge is 0.417 e. The van der Waals surface area contributed by atoms with Crippen molar-refractivity contribution in [3.05, 3.63) is 93.8 Å². The third kappa shape index (κ3) is 5.33. The summed E-state index contributed by atoms with van der Waals surface area (Å²) in [5.74, 6) is 0. The van der Waals surface area contributed by atoms with Gasteiger partial charge < -0.3 is 14.6 Å². The van der Waals surface area contributed by atoms with Gasteiger partial charge in [-0.15, -0.1) is 0 Å². The number of amides is 1. The molecule has 0 atom stereocenters. The summed E-state index contributed by atoms with van der Waals surface area (Å²) >= 11 is 0. The van der Waals surface area contributed by atoms with Gasteiger partial charge in [-0.05, 0) is 24.1 Å². The first-order valence-electron chi connectivity index (χ1n) is 9.65. The molecule has 3 rings (SSSR count). The zero-order valence-electron chi connectivity index (χ0n) is 16.8. The summed E-state index contributed by atoms with van der Waals surface area (Å²) in [5, 5.41) is 2.23. The lowest BCUT2D eigenvalue weighted by Gasteiger charge is -2.20. The second kappa shape index (κ2) is 9.51. The van der Waals surface area contributed by atoms with Crippen LogP contribution in [0.2, 0.25) is 0 Å². The first kappa shape index (κ1) is 22.1. The highest BCUT2D eigenvalue weighted by molar-refractivity contribution is 5.67. The number of pyridine rings is 1. The van der Waals surface area contributed by atoms with Gasteiger partial charge in [0.05, 0.1) is 31.0 Å². The summed E-state index contributed by atoms with van der Waals surface area (Å²) in [4.78, 5) is 24.9. The highest BCUT2D eigenvalue weighted by Gasteiger charge is 2.36. The molecule has 0 aliphatic carbocycles. The van der Waals surface area contributed by atoms with Gasteiger partial charge in [0.1, 0.15) is 0 Å². The highest BCUT2D eigenvalue weighted by atomic mass is 19.4. The Bertz CT molecular complexity index is 1090. The lowest BCUT2D eigenvalue weighted by Crippen LogP contribution is -2.34. The standard InChI is InChI=1S/C23H21F3N2O3/c1-2-31-22(30)27-14-18-19(23(24,25)26)13-20(17-11-7-4-8-12-17)28(21(18)29)15-16-9-5-3-6-10-16/h3-13H,2,14-15H2,1H3,(H,27,30). The van der Waals surface area contributed by atoms with Crippen molar-refractivity contribution in [1.82, 2.24) is 9.88 Å². The van der Waals surface area contributed by atoms with E-state index in [1.807, 2.05) is 6.07 Å². The zero-order valence-corrected chi connectivity index (χ0v) is 16.8. The number of hydrogen-bond acceptors (Lipinski definition) is 3. The van der Waals surface area contributed by atoms with E-state index < -0.39 is 35.5 Å². The fourth-order valence-electron chi connectivity index (χ4n) is 3.23. The molecule has 0 saturated carbocycles. The van der Waals surface area contributed by atoms with Crippen LogP contribution >= 0.6 is 0 Å². The minimum Gasteiger partial charge on any atom is -0.450 e. The fraction of sp³-hybridized carbons (Fsp3) is 0.217. The maximum Gasteiger partial charge on any atom is 0.417 e. The summed E-state index contributed by atoms with van der Waals surface area (Å²) < 4.78 is 47.6. The molecule has 0 spiro atoms. The summed E-state index contributed by atoms with van der Waals surface area (Å²) in [6.07, 6.45) is -5.67. The number of hydrogen-bond donors (Lipinski definition) is 1. The van der Waals surface area contributed by atoms with Crippen LogP contribution in [0.4, 0.5) is 18.0 Å². The Hall–Kier alpha value is -3.55. The molecule has 2 aromatic carbocycles. The molecule has 1 heterocycles. The van der Waals surface area contributed by atoms with Gasteiger partial charge in [0.2, 0.25) is 0 Å². The molecular formula is C23H21F3N2O3. The van der Waals surface area contributed by atoms with Crippen molar-refractivity contribution in [1.29, 1.82) is 0 Å². The Balaban J connectivity index is 2.19. The molecule has 0 aliphatic rings. The molecule has 0 unspecified atom stereocenters. The van der Waals surface area contributed by atoms with E-state index in [2.05, 4.69) is 5.32 Å². The maximum absolute atomic E-state index is 13.9. The van der Waals surface area contributed by atoms with Crippen LogP contribution in [-0.4, -0.2) is 17.3 Å². The van der Waals surface area contributed by atoms with Gasteiger partial charge in [0.15, 0.2) is 0 Å². The molecule has 1 amide bonds. The molecule has 5 nitrogen and oxygen atoms in total. The molecule has 3 aromatic rings. The van der Waals surface area contributed by atoms with Crippen LogP contribution < -0.4 is 10.9 Å². The van der Waals surface area contributed by atoms with E-state index in [0.717, 1.165) is 11.6 Å². The minimum atomic E-state index is -4.78. The van der Waals surface area contributed by atoms with Crippen LogP contribution in [0.1, 0.15) is 23.6 Å². The van der Waals surface area contributed by atoms with E-state index in [4.69, 9.17) is 4.74 Å². The fourth-order valence-corrected chi connectivity index (χ4v) is 3.23. The number of alkyl halides is 3. The second-order valence-electron chi connectivity index (χ2n) is 6.74. The Kier molecular flexibility index (Phi) is 6.79. The van der Waals surface area contributed by atoms with Gasteiger partial charge >= 0.3 is 12.3 Å². The molecule has 0 saturated heterocycles. The molecule has 8 heteroatoms. The molecule has 162 valence electrons. The van der Waals surface area contributed by atoms with Gasteiger partial charge in [-0.2, -0.15) is 13.2 Å². The van der Waals surface area contributed by atoms with Gasteiger partial charge in [-0.25, -0.2) is 4.79 Å². The Morgan fingerprint density at radius 2 is 1.65 bits per heavy atom. The number of alkyl carbamates (subject to hydrolysis) is 1. The number of nitrogens with zero attached hydrogens (tertiary/aromatic N) is 1. The first-order valence-corrected chi connectivity index (χ1v) is 9.65. The number of rotatable bonds is 6. The number of carbonyl (C=O) groups is 1. The molecule has 1 N–H and O–H groups in total. The van der Waals surface area contributed by atoms with Gasteiger partial charge in [0.25, 0.3) is 5.56 Å². The molecule has 1 aromatic heterocycles. The predicted molar refractivity (Wildman–Crippen MR) is 111 cm³/mol. The summed E-state index contributed by atoms with van der Waals surface area (Å²) in [6, 6.07) is 18.3. The van der Waals surface area contributed by atoms with Gasteiger partial charge in [-0.1, -0.05) is 60.7 Å². The number of carbonyl (C=O) groups excluding carboxylic acids is 1. The quantitative estimate of drug-likeness (QED) is 0.610. The zero-order chi connectivity index (χ0) is 22.4. The second-order valence-corrected chi connectivity index (χ2v) is 6.74. The van der Waals surface area contributed by atoms with E-state index >= 15 is 0 Å².